The van der Waals surface area contributed by atoms with Crippen LogP contribution in [-0.2, 0) is 16.0 Å². The molecule has 1 heterocycles. The molecule has 0 radical (unpaired) electrons. The number of ether oxygens (including phenoxy) is 1. The number of H-pyrrole nitrogens is 1. The predicted molar refractivity (Wildman–Crippen MR) is 92.6 cm³/mol. The Hall–Kier alpha value is -2.01. The van der Waals surface area contributed by atoms with Gasteiger partial charge in [0.25, 0.3) is 0 Å². The fourth-order valence-electron chi connectivity index (χ4n) is 2.24. The minimum atomic E-state index is -0.318. The zero-order valence-corrected chi connectivity index (χ0v) is 14.5. The molecule has 0 atom stereocenters. The number of carbonyl (C=O) groups is 1. The molecular weight excluding hydrogens is 344 g/mol. The van der Waals surface area contributed by atoms with E-state index in [4.69, 9.17) is 0 Å². The Kier molecular flexibility index (Phi) is 5.44. The van der Waals surface area contributed by atoms with Crippen LogP contribution in [0.1, 0.15) is 12.5 Å². The van der Waals surface area contributed by atoms with Crippen molar-refractivity contribution in [2.24, 2.45) is 0 Å². The minimum absolute atomic E-state index is 0.318. The van der Waals surface area contributed by atoms with Gasteiger partial charge in [-0.2, -0.15) is 0 Å². The maximum atomic E-state index is 11.4. The van der Waals surface area contributed by atoms with Gasteiger partial charge in [0.1, 0.15) is 0 Å². The number of likely N-dealkylation sites (N-methyl/N-ethyl adjacent to an activating group) is 1. The Morgan fingerprint density at radius 3 is 2.86 bits per heavy atom. The molecule has 22 heavy (non-hydrogen) atoms. The highest BCUT2D eigenvalue weighted by Gasteiger charge is 2.08. The summed E-state index contributed by atoms with van der Waals surface area (Å²) in [5.41, 5.74) is 3.86. The minimum Gasteiger partial charge on any atom is -0.466 e. The van der Waals surface area contributed by atoms with E-state index < -0.39 is 0 Å². The van der Waals surface area contributed by atoms with Gasteiger partial charge in [0.15, 0.2) is 0 Å². The van der Waals surface area contributed by atoms with Crippen LogP contribution in [0.5, 0.6) is 0 Å². The van der Waals surface area contributed by atoms with Crippen molar-refractivity contribution in [2.75, 3.05) is 14.2 Å². The first kappa shape index (κ1) is 16.4. The normalized spacial score (nSPS) is 12.5. The Morgan fingerprint density at radius 2 is 2.18 bits per heavy atom. The maximum absolute atomic E-state index is 11.4. The van der Waals surface area contributed by atoms with Gasteiger partial charge in [0.05, 0.1) is 7.11 Å². The predicted octanol–water partition coefficient (Wildman–Crippen LogP) is 3.70. The van der Waals surface area contributed by atoms with Crippen LogP contribution in [0.3, 0.4) is 0 Å². The van der Waals surface area contributed by atoms with Crippen molar-refractivity contribution in [2.45, 2.75) is 13.3 Å². The van der Waals surface area contributed by atoms with E-state index in [1.807, 2.05) is 37.5 Å². The van der Waals surface area contributed by atoms with Crippen LogP contribution in [0.2, 0.25) is 0 Å². The van der Waals surface area contributed by atoms with Crippen LogP contribution in [0.15, 0.2) is 52.3 Å². The van der Waals surface area contributed by atoms with Gasteiger partial charge in [-0.3, -0.25) is 0 Å². The summed E-state index contributed by atoms with van der Waals surface area (Å²) in [6, 6.07) is 6.08. The number of benzene rings is 1. The third-order valence-corrected chi connectivity index (χ3v) is 4.14. The Labute approximate surface area is 138 Å². The molecule has 0 spiro atoms. The molecule has 116 valence electrons. The van der Waals surface area contributed by atoms with E-state index in [-0.39, 0.29) is 5.97 Å². The number of hydrogen-bond acceptors (Lipinski definition) is 3. The molecule has 0 bridgehead atoms. The quantitative estimate of drug-likeness (QED) is 0.484. The first-order valence-electron chi connectivity index (χ1n) is 6.94. The molecule has 0 saturated heterocycles. The van der Waals surface area contributed by atoms with Crippen molar-refractivity contribution in [3.05, 3.63) is 57.9 Å². The lowest BCUT2D eigenvalue weighted by molar-refractivity contribution is -0.136. The fourth-order valence-corrected chi connectivity index (χ4v) is 2.86. The third kappa shape index (κ3) is 3.60. The van der Waals surface area contributed by atoms with Crippen LogP contribution in [0, 0.1) is 0 Å². The van der Waals surface area contributed by atoms with Gasteiger partial charge in [-0.25, -0.2) is 4.79 Å². The standard InChI is InChI=1S/C17H19BrN2O2/c1-11(17(21)22-3)7-8-13(19-2)9-12-10-20-15-6-4-5-14(18)16(12)15/h4-8,10,19-20H,9H2,1-3H3/b11-7+,13-8-. The average molecular weight is 363 g/mol. The molecule has 0 amide bonds. The van der Waals surface area contributed by atoms with Crippen molar-refractivity contribution in [3.63, 3.8) is 0 Å². The molecule has 0 saturated carbocycles. The number of methoxy groups -OCH3 is 1. The molecule has 2 rings (SSSR count). The monoisotopic (exact) mass is 362 g/mol. The molecule has 0 unspecified atom stereocenters. The van der Waals surface area contributed by atoms with E-state index in [1.165, 1.54) is 18.1 Å². The highest BCUT2D eigenvalue weighted by molar-refractivity contribution is 9.10. The Morgan fingerprint density at radius 1 is 1.41 bits per heavy atom. The number of nitrogens with one attached hydrogen (secondary N) is 2. The van der Waals surface area contributed by atoms with Crippen molar-refractivity contribution in [3.8, 4) is 0 Å². The summed E-state index contributed by atoms with van der Waals surface area (Å²) in [6.45, 7) is 1.73. The summed E-state index contributed by atoms with van der Waals surface area (Å²) in [4.78, 5) is 14.7. The van der Waals surface area contributed by atoms with E-state index in [2.05, 4.69) is 31.0 Å². The Balaban J connectivity index is 2.28. The van der Waals surface area contributed by atoms with Gasteiger partial charge in [-0.05, 0) is 30.7 Å². The average Bonchev–Trinajstić information content (AvgIpc) is 2.94. The molecular formula is C17H19BrN2O2. The van der Waals surface area contributed by atoms with E-state index in [1.54, 1.807) is 13.0 Å². The molecule has 2 aromatic rings. The van der Waals surface area contributed by atoms with E-state index in [0.29, 0.717) is 5.57 Å². The summed E-state index contributed by atoms with van der Waals surface area (Å²) >= 11 is 3.60. The van der Waals surface area contributed by atoms with Crippen molar-refractivity contribution in [1.82, 2.24) is 10.3 Å². The number of hydrogen-bond donors (Lipinski definition) is 2. The summed E-state index contributed by atoms with van der Waals surface area (Å²) in [6.07, 6.45) is 6.42. The summed E-state index contributed by atoms with van der Waals surface area (Å²) < 4.78 is 5.76. The van der Waals surface area contributed by atoms with Gasteiger partial charge in [-0.1, -0.05) is 28.1 Å². The number of fused-ring (bicyclic) bond motifs is 1. The van der Waals surface area contributed by atoms with Gasteiger partial charge < -0.3 is 15.0 Å². The molecule has 0 aliphatic heterocycles. The van der Waals surface area contributed by atoms with Crippen LogP contribution < -0.4 is 5.32 Å². The number of carbonyl (C=O) groups excluding carboxylic acids is 1. The van der Waals surface area contributed by atoms with Gasteiger partial charge in [0, 0.05) is 46.3 Å². The second kappa shape index (κ2) is 7.31. The van der Waals surface area contributed by atoms with Crippen LogP contribution >= 0.6 is 15.9 Å². The van der Waals surface area contributed by atoms with Crippen LogP contribution in [0.25, 0.3) is 10.9 Å². The highest BCUT2D eigenvalue weighted by Crippen LogP contribution is 2.28. The van der Waals surface area contributed by atoms with E-state index >= 15 is 0 Å². The maximum Gasteiger partial charge on any atom is 0.333 e. The lowest BCUT2D eigenvalue weighted by atomic mass is 10.1. The number of aromatic amines is 1. The molecule has 4 nitrogen and oxygen atoms in total. The summed E-state index contributed by atoms with van der Waals surface area (Å²) in [5.74, 6) is -0.318. The van der Waals surface area contributed by atoms with Crippen LogP contribution in [-0.4, -0.2) is 25.1 Å². The molecule has 1 aromatic carbocycles. The summed E-state index contributed by atoms with van der Waals surface area (Å²) in [5, 5.41) is 4.35. The smallest absolute Gasteiger partial charge is 0.333 e. The fraction of sp³-hybridized carbons (Fsp3) is 0.235. The van der Waals surface area contributed by atoms with Crippen LogP contribution in [0.4, 0.5) is 0 Å². The topological polar surface area (TPSA) is 54.1 Å². The number of rotatable bonds is 5. The lowest BCUT2D eigenvalue weighted by Crippen LogP contribution is -2.08. The van der Waals surface area contributed by atoms with Crippen molar-refractivity contribution >= 4 is 32.8 Å². The molecule has 5 heteroatoms. The van der Waals surface area contributed by atoms with E-state index in [0.717, 1.165) is 22.1 Å². The molecule has 0 fully saturated rings. The van der Waals surface area contributed by atoms with Gasteiger partial charge in [0.2, 0.25) is 0 Å². The number of halogens is 1. The number of esters is 1. The third-order valence-electron chi connectivity index (χ3n) is 3.48. The Bertz CT molecular complexity index is 744. The SMILES string of the molecule is CN/C(=C\C=C(/C)C(=O)OC)Cc1c[nH]c2cccc(Br)c12. The molecule has 0 aliphatic rings. The lowest BCUT2D eigenvalue weighted by Gasteiger charge is -2.06. The molecule has 0 aliphatic carbocycles. The highest BCUT2D eigenvalue weighted by atomic mass is 79.9. The number of aromatic nitrogens is 1. The molecule has 2 N–H and O–H groups in total. The summed E-state index contributed by atoms with van der Waals surface area (Å²) in [7, 11) is 3.25. The first-order chi connectivity index (χ1) is 10.6. The zero-order valence-electron chi connectivity index (χ0n) is 12.9. The van der Waals surface area contributed by atoms with Gasteiger partial charge in [-0.15, -0.1) is 0 Å². The number of allylic oxidation sites excluding steroid dienone is 3. The van der Waals surface area contributed by atoms with E-state index in [9.17, 15) is 4.79 Å². The second-order valence-corrected chi connectivity index (χ2v) is 5.79. The van der Waals surface area contributed by atoms with Crippen molar-refractivity contribution in [1.29, 1.82) is 0 Å². The first-order valence-corrected chi connectivity index (χ1v) is 7.74. The van der Waals surface area contributed by atoms with Gasteiger partial charge >= 0.3 is 5.97 Å². The second-order valence-electron chi connectivity index (χ2n) is 4.94. The largest absolute Gasteiger partial charge is 0.466 e. The van der Waals surface area contributed by atoms with Crippen molar-refractivity contribution < 1.29 is 9.53 Å². The molecule has 1 aromatic heterocycles. The zero-order chi connectivity index (χ0) is 16.1.